The van der Waals surface area contributed by atoms with Crippen molar-refractivity contribution in [1.29, 1.82) is 0 Å². The summed E-state index contributed by atoms with van der Waals surface area (Å²) in [4.78, 5) is 13.1. The molecule has 0 bridgehead atoms. The number of carbonyl (C=O) groups excluding carboxylic acids is 1. The van der Waals surface area contributed by atoms with Crippen LogP contribution in [0.15, 0.2) is 24.3 Å². The zero-order valence-electron chi connectivity index (χ0n) is 17.1. The maximum atomic E-state index is 13.1. The van der Waals surface area contributed by atoms with Crippen molar-refractivity contribution in [1.82, 2.24) is 9.62 Å². The number of para-hydroxylation sites is 1. The van der Waals surface area contributed by atoms with E-state index in [1.807, 2.05) is 24.3 Å². The minimum Gasteiger partial charge on any atom is -0.487 e. The van der Waals surface area contributed by atoms with E-state index >= 15 is 0 Å². The molecule has 1 aromatic rings. The van der Waals surface area contributed by atoms with Crippen LogP contribution in [-0.2, 0) is 14.8 Å². The van der Waals surface area contributed by atoms with Gasteiger partial charge in [0.2, 0.25) is 15.9 Å². The molecule has 28 heavy (non-hydrogen) atoms. The molecule has 2 heterocycles. The zero-order valence-corrected chi connectivity index (χ0v) is 17.9. The van der Waals surface area contributed by atoms with Crippen LogP contribution in [0.1, 0.15) is 64.5 Å². The number of sulfonamides is 1. The summed E-state index contributed by atoms with van der Waals surface area (Å²) >= 11 is 0. The Hall–Kier alpha value is -1.60. The van der Waals surface area contributed by atoms with Gasteiger partial charge in [0.05, 0.1) is 17.7 Å². The molecular weight excluding hydrogens is 376 g/mol. The zero-order chi connectivity index (χ0) is 20.4. The van der Waals surface area contributed by atoms with Crippen molar-refractivity contribution in [2.45, 2.75) is 64.5 Å². The molecule has 2 aliphatic heterocycles. The number of hydrogen-bond acceptors (Lipinski definition) is 4. The van der Waals surface area contributed by atoms with Crippen molar-refractivity contribution in [2.24, 2.45) is 5.92 Å². The SMILES string of the molecule is CCC1(CC)CC(NC(=O)C2CCCN(S(=O)(=O)CC)C2)c2ccccc2O1. The summed E-state index contributed by atoms with van der Waals surface area (Å²) in [6.45, 7) is 6.66. The van der Waals surface area contributed by atoms with Gasteiger partial charge < -0.3 is 10.1 Å². The van der Waals surface area contributed by atoms with Crippen LogP contribution >= 0.6 is 0 Å². The molecule has 156 valence electrons. The second-order valence-corrected chi connectivity index (χ2v) is 10.2. The molecule has 2 atom stereocenters. The van der Waals surface area contributed by atoms with Gasteiger partial charge in [-0.2, -0.15) is 0 Å². The molecule has 6 nitrogen and oxygen atoms in total. The number of hydrogen-bond donors (Lipinski definition) is 1. The van der Waals surface area contributed by atoms with E-state index in [4.69, 9.17) is 4.74 Å². The lowest BCUT2D eigenvalue weighted by Gasteiger charge is -2.42. The van der Waals surface area contributed by atoms with E-state index in [0.717, 1.165) is 43.4 Å². The highest BCUT2D eigenvalue weighted by Gasteiger charge is 2.40. The molecule has 0 aliphatic carbocycles. The first-order valence-corrected chi connectivity index (χ1v) is 12.0. The summed E-state index contributed by atoms with van der Waals surface area (Å²) in [5.41, 5.74) is 0.721. The first-order chi connectivity index (χ1) is 13.3. The van der Waals surface area contributed by atoms with Gasteiger partial charge in [0.15, 0.2) is 0 Å². The molecule has 0 radical (unpaired) electrons. The molecule has 1 amide bonds. The lowest BCUT2D eigenvalue weighted by Crippen LogP contribution is -2.49. The first-order valence-electron chi connectivity index (χ1n) is 10.4. The largest absolute Gasteiger partial charge is 0.487 e. The van der Waals surface area contributed by atoms with Crippen LogP contribution in [0.25, 0.3) is 0 Å². The monoisotopic (exact) mass is 408 g/mol. The Bertz CT molecular complexity index is 804. The third-order valence-corrected chi connectivity index (χ3v) is 8.16. The molecule has 1 aromatic carbocycles. The van der Waals surface area contributed by atoms with Gasteiger partial charge in [-0.05, 0) is 38.7 Å². The molecule has 2 unspecified atom stereocenters. The van der Waals surface area contributed by atoms with Crippen LogP contribution in [0.2, 0.25) is 0 Å². The molecule has 7 heteroatoms. The minimum absolute atomic E-state index is 0.0567. The fraction of sp³-hybridized carbons (Fsp3) is 0.667. The quantitative estimate of drug-likeness (QED) is 0.784. The Morgan fingerprint density at radius 3 is 2.64 bits per heavy atom. The second-order valence-electron chi connectivity index (χ2n) is 7.89. The highest BCUT2D eigenvalue weighted by molar-refractivity contribution is 7.89. The number of amides is 1. The van der Waals surface area contributed by atoms with Crippen LogP contribution in [0.5, 0.6) is 5.75 Å². The van der Waals surface area contributed by atoms with Crippen molar-refractivity contribution in [3.05, 3.63) is 29.8 Å². The fourth-order valence-electron chi connectivity index (χ4n) is 4.31. The van der Waals surface area contributed by atoms with E-state index in [2.05, 4.69) is 19.2 Å². The van der Waals surface area contributed by atoms with Crippen molar-refractivity contribution >= 4 is 15.9 Å². The Labute approximate surface area is 168 Å². The van der Waals surface area contributed by atoms with E-state index in [9.17, 15) is 13.2 Å². The third kappa shape index (κ3) is 4.20. The summed E-state index contributed by atoms with van der Waals surface area (Å²) in [5.74, 6) is 0.549. The van der Waals surface area contributed by atoms with Gasteiger partial charge in [0.25, 0.3) is 0 Å². The van der Waals surface area contributed by atoms with Crippen molar-refractivity contribution in [2.75, 3.05) is 18.8 Å². The van der Waals surface area contributed by atoms with E-state index in [-0.39, 0.29) is 35.8 Å². The molecule has 1 saturated heterocycles. The topological polar surface area (TPSA) is 75.7 Å². The number of piperidine rings is 1. The number of carbonyl (C=O) groups is 1. The smallest absolute Gasteiger partial charge is 0.224 e. The standard InChI is InChI=1S/C21H32N2O4S/c1-4-21(5-2)14-18(17-11-7-8-12-19(17)27-21)22-20(24)16-10-9-13-23(15-16)28(25,26)6-3/h7-8,11-12,16,18H,4-6,9-10,13-15H2,1-3H3,(H,22,24). The molecule has 0 spiro atoms. The van der Waals surface area contributed by atoms with E-state index < -0.39 is 10.0 Å². The molecule has 2 aliphatic rings. The molecule has 0 saturated carbocycles. The highest BCUT2D eigenvalue weighted by atomic mass is 32.2. The number of nitrogens with one attached hydrogen (secondary N) is 1. The van der Waals surface area contributed by atoms with Gasteiger partial charge in [0, 0.05) is 25.1 Å². The first kappa shape index (κ1) is 21.1. The van der Waals surface area contributed by atoms with E-state index in [1.165, 1.54) is 4.31 Å². The number of rotatable bonds is 6. The Morgan fingerprint density at radius 2 is 1.96 bits per heavy atom. The van der Waals surface area contributed by atoms with Crippen LogP contribution in [0.3, 0.4) is 0 Å². The lowest BCUT2D eigenvalue weighted by atomic mass is 9.83. The lowest BCUT2D eigenvalue weighted by molar-refractivity contribution is -0.127. The van der Waals surface area contributed by atoms with Crippen LogP contribution in [0.4, 0.5) is 0 Å². The molecule has 1 fully saturated rings. The van der Waals surface area contributed by atoms with Gasteiger partial charge in [-0.3, -0.25) is 4.79 Å². The maximum absolute atomic E-state index is 13.1. The van der Waals surface area contributed by atoms with Crippen molar-refractivity contribution < 1.29 is 17.9 Å². The maximum Gasteiger partial charge on any atom is 0.224 e. The summed E-state index contributed by atoms with van der Waals surface area (Å²) in [6.07, 6.45) is 3.91. The number of benzene rings is 1. The summed E-state index contributed by atoms with van der Waals surface area (Å²) < 4.78 is 32.2. The molecule has 1 N–H and O–H groups in total. The third-order valence-electron chi connectivity index (χ3n) is 6.32. The van der Waals surface area contributed by atoms with Crippen LogP contribution in [-0.4, -0.2) is 43.1 Å². The Morgan fingerprint density at radius 1 is 1.25 bits per heavy atom. The minimum atomic E-state index is -3.26. The predicted octanol–water partition coefficient (Wildman–Crippen LogP) is 3.25. The molecule has 0 aromatic heterocycles. The van der Waals surface area contributed by atoms with Crippen LogP contribution < -0.4 is 10.1 Å². The molecule has 3 rings (SSSR count). The van der Waals surface area contributed by atoms with Crippen molar-refractivity contribution in [3.8, 4) is 5.75 Å². The second kappa shape index (κ2) is 8.41. The average molecular weight is 409 g/mol. The average Bonchev–Trinajstić information content (AvgIpc) is 2.73. The fourth-order valence-corrected chi connectivity index (χ4v) is 5.49. The molecular formula is C21H32N2O4S. The van der Waals surface area contributed by atoms with Gasteiger partial charge in [0.1, 0.15) is 11.4 Å². The summed E-state index contributed by atoms with van der Waals surface area (Å²) in [6, 6.07) is 7.76. The van der Waals surface area contributed by atoms with Crippen LogP contribution in [0, 0.1) is 5.92 Å². The highest BCUT2D eigenvalue weighted by Crippen LogP contribution is 2.42. The predicted molar refractivity (Wildman–Crippen MR) is 110 cm³/mol. The number of fused-ring (bicyclic) bond motifs is 1. The Balaban J connectivity index is 1.77. The van der Waals surface area contributed by atoms with Gasteiger partial charge in [-0.1, -0.05) is 32.0 Å². The number of ether oxygens (including phenoxy) is 1. The summed E-state index contributed by atoms with van der Waals surface area (Å²) in [5, 5.41) is 3.22. The number of nitrogens with zero attached hydrogens (tertiary/aromatic N) is 1. The normalized spacial score (nSPS) is 24.8. The van der Waals surface area contributed by atoms with Gasteiger partial charge in [-0.15, -0.1) is 0 Å². The Kier molecular flexibility index (Phi) is 6.34. The summed E-state index contributed by atoms with van der Waals surface area (Å²) in [7, 11) is -3.26. The van der Waals surface area contributed by atoms with Crippen molar-refractivity contribution in [3.63, 3.8) is 0 Å². The van der Waals surface area contributed by atoms with E-state index in [1.54, 1.807) is 6.92 Å². The van der Waals surface area contributed by atoms with Gasteiger partial charge in [-0.25, -0.2) is 12.7 Å². The van der Waals surface area contributed by atoms with E-state index in [0.29, 0.717) is 6.54 Å². The van der Waals surface area contributed by atoms with Gasteiger partial charge >= 0.3 is 0 Å².